The summed E-state index contributed by atoms with van der Waals surface area (Å²) in [5.41, 5.74) is 0. The highest BCUT2D eigenvalue weighted by Gasteiger charge is 2.29. The van der Waals surface area contributed by atoms with Crippen LogP contribution in [0.1, 0.15) is 18.7 Å². The molecule has 0 spiro atoms. The van der Waals surface area contributed by atoms with E-state index in [1.807, 2.05) is 17.5 Å². The standard InChI is InChI=1S/C12H17NO3S/c1-4-16-12(15)11(9(2)14)13(3)8-10-6-5-7-17-10/h5-7,11H,4,8H2,1-3H3. The van der Waals surface area contributed by atoms with Gasteiger partial charge in [-0.2, -0.15) is 0 Å². The third kappa shape index (κ3) is 3.94. The molecule has 0 amide bonds. The zero-order chi connectivity index (χ0) is 12.8. The fraction of sp³-hybridized carbons (Fsp3) is 0.500. The molecule has 0 aliphatic rings. The number of hydrogen-bond acceptors (Lipinski definition) is 5. The maximum atomic E-state index is 11.7. The van der Waals surface area contributed by atoms with Gasteiger partial charge < -0.3 is 4.74 Å². The minimum atomic E-state index is -0.808. The van der Waals surface area contributed by atoms with E-state index in [9.17, 15) is 9.59 Å². The van der Waals surface area contributed by atoms with Crippen LogP contribution in [0.5, 0.6) is 0 Å². The Morgan fingerprint density at radius 1 is 1.53 bits per heavy atom. The van der Waals surface area contributed by atoms with Crippen LogP contribution in [-0.4, -0.2) is 36.3 Å². The zero-order valence-corrected chi connectivity index (χ0v) is 11.1. The van der Waals surface area contributed by atoms with Gasteiger partial charge in [0.2, 0.25) is 0 Å². The number of nitrogens with zero attached hydrogens (tertiary/aromatic N) is 1. The third-order valence-electron chi connectivity index (χ3n) is 2.32. The molecular formula is C12H17NO3S. The van der Waals surface area contributed by atoms with E-state index in [2.05, 4.69) is 0 Å². The average molecular weight is 255 g/mol. The molecule has 5 heteroatoms. The first-order valence-electron chi connectivity index (χ1n) is 5.46. The summed E-state index contributed by atoms with van der Waals surface area (Å²) in [5, 5.41) is 1.97. The third-order valence-corrected chi connectivity index (χ3v) is 3.18. The summed E-state index contributed by atoms with van der Waals surface area (Å²) in [6.07, 6.45) is 0. The number of esters is 1. The van der Waals surface area contributed by atoms with Gasteiger partial charge in [0.05, 0.1) is 6.61 Å². The van der Waals surface area contributed by atoms with Crippen LogP contribution in [0.15, 0.2) is 17.5 Å². The number of carbonyl (C=O) groups excluding carboxylic acids is 2. The van der Waals surface area contributed by atoms with Crippen molar-refractivity contribution in [2.24, 2.45) is 0 Å². The van der Waals surface area contributed by atoms with Crippen molar-refractivity contribution < 1.29 is 14.3 Å². The van der Waals surface area contributed by atoms with E-state index >= 15 is 0 Å². The number of rotatable bonds is 6. The van der Waals surface area contributed by atoms with Gasteiger partial charge in [0.15, 0.2) is 11.8 Å². The molecule has 17 heavy (non-hydrogen) atoms. The molecule has 0 aliphatic carbocycles. The van der Waals surface area contributed by atoms with E-state index in [0.29, 0.717) is 6.54 Å². The number of thiophene rings is 1. The number of likely N-dealkylation sites (N-methyl/N-ethyl adjacent to an activating group) is 1. The molecule has 1 heterocycles. The van der Waals surface area contributed by atoms with Crippen LogP contribution < -0.4 is 0 Å². The molecule has 94 valence electrons. The summed E-state index contributed by atoms with van der Waals surface area (Å²) in [7, 11) is 1.75. The molecule has 1 unspecified atom stereocenters. The molecule has 0 radical (unpaired) electrons. The Hall–Kier alpha value is -1.20. The van der Waals surface area contributed by atoms with E-state index < -0.39 is 12.0 Å². The minimum Gasteiger partial charge on any atom is -0.464 e. The van der Waals surface area contributed by atoms with Crippen LogP contribution in [0.25, 0.3) is 0 Å². The van der Waals surface area contributed by atoms with E-state index in [-0.39, 0.29) is 12.4 Å². The van der Waals surface area contributed by atoms with Gasteiger partial charge in [-0.1, -0.05) is 6.07 Å². The van der Waals surface area contributed by atoms with Crippen LogP contribution in [0.4, 0.5) is 0 Å². The van der Waals surface area contributed by atoms with Crippen LogP contribution in [0, 0.1) is 0 Å². The van der Waals surface area contributed by atoms with Crippen molar-refractivity contribution in [2.75, 3.05) is 13.7 Å². The van der Waals surface area contributed by atoms with Gasteiger partial charge in [-0.05, 0) is 32.3 Å². The van der Waals surface area contributed by atoms with Gasteiger partial charge in [-0.25, -0.2) is 4.79 Å². The van der Waals surface area contributed by atoms with Crippen molar-refractivity contribution in [3.63, 3.8) is 0 Å². The second-order valence-corrected chi connectivity index (χ2v) is 4.79. The van der Waals surface area contributed by atoms with Crippen molar-refractivity contribution in [1.82, 2.24) is 4.90 Å². The highest BCUT2D eigenvalue weighted by molar-refractivity contribution is 7.09. The summed E-state index contributed by atoms with van der Waals surface area (Å²) in [6, 6.07) is 3.11. The van der Waals surface area contributed by atoms with Crippen molar-refractivity contribution in [2.45, 2.75) is 26.4 Å². The molecule has 0 bridgehead atoms. The van der Waals surface area contributed by atoms with Gasteiger partial charge in [0, 0.05) is 11.4 Å². The van der Waals surface area contributed by atoms with Crippen molar-refractivity contribution in [1.29, 1.82) is 0 Å². The normalized spacial score (nSPS) is 12.5. The zero-order valence-electron chi connectivity index (χ0n) is 10.3. The maximum Gasteiger partial charge on any atom is 0.331 e. The summed E-state index contributed by atoms with van der Waals surface area (Å²) < 4.78 is 4.91. The van der Waals surface area contributed by atoms with Crippen LogP contribution in [0.3, 0.4) is 0 Å². The van der Waals surface area contributed by atoms with Gasteiger partial charge in [0.25, 0.3) is 0 Å². The van der Waals surface area contributed by atoms with E-state index in [0.717, 1.165) is 4.88 Å². The fourth-order valence-corrected chi connectivity index (χ4v) is 2.38. The molecule has 1 rings (SSSR count). The highest BCUT2D eigenvalue weighted by Crippen LogP contribution is 2.13. The van der Waals surface area contributed by atoms with Crippen LogP contribution >= 0.6 is 11.3 Å². The number of ketones is 1. The highest BCUT2D eigenvalue weighted by atomic mass is 32.1. The van der Waals surface area contributed by atoms with Gasteiger partial charge in [0.1, 0.15) is 0 Å². The van der Waals surface area contributed by atoms with Crippen molar-refractivity contribution >= 4 is 23.1 Å². The number of ether oxygens (including phenoxy) is 1. The lowest BCUT2D eigenvalue weighted by atomic mass is 10.2. The predicted molar refractivity (Wildman–Crippen MR) is 66.9 cm³/mol. The molecule has 0 saturated heterocycles. The Balaban J connectivity index is 2.70. The minimum absolute atomic E-state index is 0.192. The fourth-order valence-electron chi connectivity index (χ4n) is 1.62. The van der Waals surface area contributed by atoms with Gasteiger partial charge in [-0.15, -0.1) is 11.3 Å². The van der Waals surface area contributed by atoms with Crippen LogP contribution in [-0.2, 0) is 20.9 Å². The van der Waals surface area contributed by atoms with Crippen molar-refractivity contribution in [3.05, 3.63) is 22.4 Å². The summed E-state index contributed by atoms with van der Waals surface area (Å²) in [4.78, 5) is 26.0. The Morgan fingerprint density at radius 3 is 2.71 bits per heavy atom. The smallest absolute Gasteiger partial charge is 0.331 e. The maximum absolute atomic E-state index is 11.7. The lowest BCUT2D eigenvalue weighted by molar-refractivity contribution is -0.152. The Kier molecular flexibility index (Phi) is 5.31. The first-order chi connectivity index (χ1) is 8.06. The quantitative estimate of drug-likeness (QED) is 0.573. The molecule has 0 aliphatic heterocycles. The molecule has 0 saturated carbocycles. The molecule has 0 aromatic carbocycles. The molecular weight excluding hydrogens is 238 g/mol. The number of carbonyl (C=O) groups is 2. The lowest BCUT2D eigenvalue weighted by Crippen LogP contribution is -2.44. The molecule has 1 atom stereocenters. The lowest BCUT2D eigenvalue weighted by Gasteiger charge is -2.23. The average Bonchev–Trinajstić information content (AvgIpc) is 2.70. The first kappa shape index (κ1) is 13.9. The second-order valence-electron chi connectivity index (χ2n) is 3.76. The predicted octanol–water partition coefficient (Wildman–Crippen LogP) is 1.70. The SMILES string of the molecule is CCOC(=O)C(C(C)=O)N(C)Cc1cccs1. The second kappa shape index (κ2) is 6.51. The summed E-state index contributed by atoms with van der Waals surface area (Å²) >= 11 is 1.60. The van der Waals surface area contributed by atoms with E-state index in [1.54, 1.807) is 30.2 Å². The Morgan fingerprint density at radius 2 is 2.24 bits per heavy atom. The van der Waals surface area contributed by atoms with E-state index in [1.165, 1.54) is 6.92 Å². The molecule has 1 aromatic rings. The summed E-state index contributed by atoms with van der Waals surface area (Å²) in [5.74, 6) is -0.665. The first-order valence-corrected chi connectivity index (χ1v) is 6.34. The van der Waals surface area contributed by atoms with Crippen LogP contribution in [0.2, 0.25) is 0 Å². The van der Waals surface area contributed by atoms with Crippen molar-refractivity contribution in [3.8, 4) is 0 Å². The monoisotopic (exact) mass is 255 g/mol. The Bertz CT molecular complexity index is 375. The topological polar surface area (TPSA) is 46.6 Å². The number of Topliss-reactive ketones (excluding diaryl/α,β-unsaturated/α-hetero) is 1. The Labute approximate surface area is 105 Å². The molecule has 0 N–H and O–H groups in total. The summed E-state index contributed by atoms with van der Waals surface area (Å²) in [6.45, 7) is 4.00. The number of hydrogen-bond donors (Lipinski definition) is 0. The molecule has 1 aromatic heterocycles. The van der Waals surface area contributed by atoms with E-state index in [4.69, 9.17) is 4.74 Å². The van der Waals surface area contributed by atoms with Gasteiger partial charge in [-0.3, -0.25) is 9.69 Å². The largest absolute Gasteiger partial charge is 0.464 e. The molecule has 0 fully saturated rings. The molecule has 4 nitrogen and oxygen atoms in total. The van der Waals surface area contributed by atoms with Gasteiger partial charge >= 0.3 is 5.97 Å².